The Morgan fingerprint density at radius 2 is 2.05 bits per heavy atom. The number of hydrogen-bond donors (Lipinski definition) is 3. The van der Waals surface area contributed by atoms with Crippen molar-refractivity contribution in [2.75, 3.05) is 30.3 Å². The Bertz CT molecular complexity index is 481. The highest BCUT2D eigenvalue weighted by Crippen LogP contribution is 2.29. The number of primary amides is 1. The smallest absolute Gasteiger partial charge is 0.433 e. The number of halogens is 3. The average Bonchev–Trinajstić information content (AvgIpc) is 2.40. The van der Waals surface area contributed by atoms with Crippen LogP contribution in [0, 0.1) is 0 Å². The Kier molecular flexibility index (Phi) is 6.00. The topological polar surface area (TPSA) is 102 Å². The Balaban J connectivity index is 2.78. The lowest BCUT2D eigenvalue weighted by Gasteiger charge is -2.12. The molecule has 1 aromatic rings. The van der Waals surface area contributed by atoms with Crippen molar-refractivity contribution >= 4 is 17.9 Å². The molecule has 118 valence electrons. The van der Waals surface area contributed by atoms with E-state index in [4.69, 9.17) is 5.73 Å². The highest BCUT2D eigenvalue weighted by Gasteiger charge is 2.33. The molecule has 0 fully saturated rings. The van der Waals surface area contributed by atoms with Gasteiger partial charge in [-0.25, -0.2) is 9.78 Å². The second-order valence-electron chi connectivity index (χ2n) is 3.98. The van der Waals surface area contributed by atoms with E-state index in [-0.39, 0.29) is 24.9 Å². The summed E-state index contributed by atoms with van der Waals surface area (Å²) in [6.07, 6.45) is -4.82. The fourth-order valence-corrected chi connectivity index (χ4v) is 1.33. The van der Waals surface area contributed by atoms with Crippen LogP contribution in [0.5, 0.6) is 0 Å². The van der Waals surface area contributed by atoms with E-state index in [0.717, 1.165) is 12.5 Å². The van der Waals surface area contributed by atoms with E-state index in [2.05, 4.69) is 25.3 Å². The number of nitrogens with zero attached hydrogens (tertiary/aromatic N) is 2. The number of anilines is 2. The van der Waals surface area contributed by atoms with E-state index in [1.165, 1.54) is 0 Å². The quantitative estimate of drug-likeness (QED) is 0.664. The summed E-state index contributed by atoms with van der Waals surface area (Å²) in [4.78, 5) is 17.7. The molecular weight excluding hydrogens is 291 g/mol. The van der Waals surface area contributed by atoms with Crippen LogP contribution in [0.2, 0.25) is 0 Å². The van der Waals surface area contributed by atoms with Crippen molar-refractivity contribution in [1.29, 1.82) is 0 Å². The van der Waals surface area contributed by atoms with Gasteiger partial charge in [0.15, 0.2) is 5.69 Å². The zero-order valence-electron chi connectivity index (χ0n) is 11.3. The van der Waals surface area contributed by atoms with Crippen LogP contribution in [-0.4, -0.2) is 35.8 Å². The molecule has 0 aliphatic carbocycles. The van der Waals surface area contributed by atoms with Crippen LogP contribution in [0.3, 0.4) is 0 Å². The molecule has 0 saturated heterocycles. The number of rotatable bonds is 7. The number of alkyl halides is 3. The Morgan fingerprint density at radius 3 is 2.62 bits per heavy atom. The summed E-state index contributed by atoms with van der Waals surface area (Å²) >= 11 is 0. The molecule has 0 spiro atoms. The fraction of sp³-hybridized carbons (Fsp3) is 0.545. The van der Waals surface area contributed by atoms with Crippen molar-refractivity contribution in [3.63, 3.8) is 0 Å². The minimum atomic E-state index is -4.58. The summed E-state index contributed by atoms with van der Waals surface area (Å²) in [5.41, 5.74) is 3.70. The summed E-state index contributed by atoms with van der Waals surface area (Å²) in [6, 6.07) is 0.779. The van der Waals surface area contributed by atoms with E-state index < -0.39 is 18.0 Å². The number of amides is 1. The molecule has 4 N–H and O–H groups in total. The normalized spacial score (nSPS) is 11.0. The summed E-state index contributed by atoms with van der Waals surface area (Å²) in [6.45, 7) is 2.30. The largest absolute Gasteiger partial charge is 0.448 e. The Hall–Kier alpha value is -2.26. The summed E-state index contributed by atoms with van der Waals surface area (Å²) in [5, 5.41) is 5.29. The molecule has 1 rings (SSSR count). The lowest BCUT2D eigenvalue weighted by atomic mass is 10.3. The van der Waals surface area contributed by atoms with Gasteiger partial charge in [0.25, 0.3) is 0 Å². The van der Waals surface area contributed by atoms with Gasteiger partial charge in [0.1, 0.15) is 12.4 Å². The molecule has 10 heteroatoms. The Labute approximate surface area is 119 Å². The zero-order chi connectivity index (χ0) is 15.9. The lowest BCUT2D eigenvalue weighted by molar-refractivity contribution is -0.141. The molecule has 0 bridgehead atoms. The number of hydrogen-bond acceptors (Lipinski definition) is 6. The minimum Gasteiger partial charge on any atom is -0.448 e. The summed E-state index contributed by atoms with van der Waals surface area (Å²) in [5.74, 6) is -0.144. The highest BCUT2D eigenvalue weighted by atomic mass is 19.4. The van der Waals surface area contributed by atoms with Crippen molar-refractivity contribution in [2.24, 2.45) is 5.73 Å². The van der Waals surface area contributed by atoms with Gasteiger partial charge in [-0.15, -0.1) is 0 Å². The number of carbonyl (C=O) groups is 1. The van der Waals surface area contributed by atoms with Gasteiger partial charge < -0.3 is 21.1 Å². The van der Waals surface area contributed by atoms with Gasteiger partial charge in [-0.1, -0.05) is 6.92 Å². The monoisotopic (exact) mass is 307 g/mol. The first-order chi connectivity index (χ1) is 9.82. The molecule has 0 aliphatic rings. The van der Waals surface area contributed by atoms with Crippen LogP contribution in [0.25, 0.3) is 0 Å². The first-order valence-corrected chi connectivity index (χ1v) is 6.19. The standard InChI is InChI=1S/C11H16F3N5O2/c1-2-3-17-10-18-7(11(12,13)14)6-8(19-10)16-4-5-21-9(15)20/h6H,2-5H2,1H3,(H2,15,20)(H2,16,17,18,19). The minimum absolute atomic E-state index is 0.0241. The Morgan fingerprint density at radius 1 is 1.33 bits per heavy atom. The maximum Gasteiger partial charge on any atom is 0.433 e. The van der Waals surface area contributed by atoms with Crippen molar-refractivity contribution in [3.05, 3.63) is 11.8 Å². The number of carbonyl (C=O) groups excluding carboxylic acids is 1. The van der Waals surface area contributed by atoms with E-state index in [0.29, 0.717) is 6.54 Å². The zero-order valence-corrected chi connectivity index (χ0v) is 11.3. The molecule has 1 heterocycles. The molecule has 7 nitrogen and oxygen atoms in total. The van der Waals surface area contributed by atoms with Gasteiger partial charge in [-0.05, 0) is 6.42 Å². The maximum absolute atomic E-state index is 12.7. The molecule has 0 unspecified atom stereocenters. The van der Waals surface area contributed by atoms with Crippen LogP contribution >= 0.6 is 0 Å². The number of nitrogens with two attached hydrogens (primary N) is 1. The molecule has 0 aromatic carbocycles. The van der Waals surface area contributed by atoms with Crippen molar-refractivity contribution < 1.29 is 22.7 Å². The third-order valence-electron chi connectivity index (χ3n) is 2.20. The molecule has 21 heavy (non-hydrogen) atoms. The number of aromatic nitrogens is 2. The molecular formula is C11H16F3N5O2. The van der Waals surface area contributed by atoms with Crippen molar-refractivity contribution in [2.45, 2.75) is 19.5 Å². The van der Waals surface area contributed by atoms with Gasteiger partial charge in [0, 0.05) is 12.6 Å². The van der Waals surface area contributed by atoms with Gasteiger partial charge in [0.2, 0.25) is 5.95 Å². The number of nitrogens with one attached hydrogen (secondary N) is 2. The maximum atomic E-state index is 12.7. The molecule has 0 aliphatic heterocycles. The van der Waals surface area contributed by atoms with E-state index in [9.17, 15) is 18.0 Å². The van der Waals surface area contributed by atoms with E-state index >= 15 is 0 Å². The van der Waals surface area contributed by atoms with Gasteiger partial charge in [0.05, 0.1) is 6.54 Å². The second kappa shape index (κ2) is 7.50. The first-order valence-electron chi connectivity index (χ1n) is 6.19. The van der Waals surface area contributed by atoms with Crippen LogP contribution in [-0.2, 0) is 10.9 Å². The molecule has 0 radical (unpaired) electrons. The van der Waals surface area contributed by atoms with Gasteiger partial charge in [-0.3, -0.25) is 0 Å². The highest BCUT2D eigenvalue weighted by molar-refractivity contribution is 5.64. The summed E-state index contributed by atoms with van der Waals surface area (Å²) < 4.78 is 42.6. The van der Waals surface area contributed by atoms with E-state index in [1.807, 2.05) is 6.92 Å². The third kappa shape index (κ3) is 6.15. The predicted molar refractivity (Wildman–Crippen MR) is 69.8 cm³/mol. The van der Waals surface area contributed by atoms with Crippen molar-refractivity contribution in [1.82, 2.24) is 9.97 Å². The SMILES string of the molecule is CCCNc1nc(NCCOC(N)=O)cc(C(F)(F)F)n1. The number of ether oxygens (including phenoxy) is 1. The van der Waals surface area contributed by atoms with Gasteiger partial charge in [-0.2, -0.15) is 18.2 Å². The first kappa shape index (κ1) is 16.8. The lowest BCUT2D eigenvalue weighted by Crippen LogP contribution is -2.19. The van der Waals surface area contributed by atoms with Crippen LogP contribution < -0.4 is 16.4 Å². The average molecular weight is 307 g/mol. The van der Waals surface area contributed by atoms with Crippen LogP contribution in [0.1, 0.15) is 19.0 Å². The van der Waals surface area contributed by atoms with E-state index in [1.54, 1.807) is 0 Å². The molecule has 0 saturated carbocycles. The molecule has 0 atom stereocenters. The fourth-order valence-electron chi connectivity index (χ4n) is 1.33. The summed E-state index contributed by atoms with van der Waals surface area (Å²) in [7, 11) is 0. The van der Waals surface area contributed by atoms with Crippen LogP contribution in [0.15, 0.2) is 6.07 Å². The second-order valence-corrected chi connectivity index (χ2v) is 3.98. The third-order valence-corrected chi connectivity index (χ3v) is 2.20. The molecule has 1 amide bonds. The van der Waals surface area contributed by atoms with Crippen LogP contribution in [0.4, 0.5) is 29.7 Å². The molecule has 1 aromatic heterocycles. The van der Waals surface area contributed by atoms with Crippen molar-refractivity contribution in [3.8, 4) is 0 Å². The van der Waals surface area contributed by atoms with Gasteiger partial charge >= 0.3 is 12.3 Å². The predicted octanol–water partition coefficient (Wildman–Crippen LogP) is 1.82.